The number of benzene rings is 1. The quantitative estimate of drug-likeness (QED) is 0.624. The van der Waals surface area contributed by atoms with Crippen molar-refractivity contribution < 1.29 is 19.2 Å². The highest BCUT2D eigenvalue weighted by molar-refractivity contribution is 6.32. The van der Waals surface area contributed by atoms with Gasteiger partial charge < -0.3 is 19.7 Å². The van der Waals surface area contributed by atoms with Gasteiger partial charge in [-0.15, -0.1) is 0 Å². The number of allylic oxidation sites excluding steroid dienone is 3. The largest absolute Gasteiger partial charge is 0.489 e. The van der Waals surface area contributed by atoms with Crippen LogP contribution in [-0.4, -0.2) is 33.4 Å². The molecule has 7 nitrogen and oxygen atoms in total. The minimum atomic E-state index is -0.726. The molecule has 3 atom stereocenters. The third-order valence-corrected chi connectivity index (χ3v) is 5.89. The first-order valence-corrected chi connectivity index (χ1v) is 11.0. The second-order valence-electron chi connectivity index (χ2n) is 8.26. The lowest BCUT2D eigenvalue weighted by molar-refractivity contribution is -0.142. The number of carbonyl (C=O) groups is 1. The van der Waals surface area contributed by atoms with Crippen molar-refractivity contribution in [2.45, 2.75) is 57.6 Å². The molecule has 0 radical (unpaired) electrons. The number of ether oxygens (including phenoxy) is 1. The monoisotopic (exact) mass is 443 g/mol. The zero-order chi connectivity index (χ0) is 22.0. The van der Waals surface area contributed by atoms with Crippen molar-refractivity contribution in [3.05, 3.63) is 53.0 Å². The maximum absolute atomic E-state index is 11.4. The van der Waals surface area contributed by atoms with Crippen molar-refractivity contribution in [3.8, 4) is 17.1 Å². The highest BCUT2D eigenvalue weighted by atomic mass is 35.5. The lowest BCUT2D eigenvalue weighted by atomic mass is 9.98. The summed E-state index contributed by atoms with van der Waals surface area (Å²) in [5.74, 6) is 0.556. The van der Waals surface area contributed by atoms with E-state index < -0.39 is 5.97 Å². The molecule has 1 fully saturated rings. The Bertz CT molecular complexity index is 1010. The number of rotatable bonds is 7. The van der Waals surface area contributed by atoms with Gasteiger partial charge in [-0.1, -0.05) is 35.3 Å². The lowest BCUT2D eigenvalue weighted by Gasteiger charge is -2.22. The van der Waals surface area contributed by atoms with Crippen LogP contribution in [0.4, 0.5) is 0 Å². The van der Waals surface area contributed by atoms with Gasteiger partial charge in [0, 0.05) is 17.3 Å². The Kier molecular flexibility index (Phi) is 6.32. The fourth-order valence-corrected chi connectivity index (χ4v) is 4.27. The first-order valence-electron chi connectivity index (χ1n) is 10.6. The van der Waals surface area contributed by atoms with Gasteiger partial charge in [-0.2, -0.15) is 4.98 Å². The summed E-state index contributed by atoms with van der Waals surface area (Å²) in [4.78, 5) is 15.9. The highest BCUT2D eigenvalue weighted by Gasteiger charge is 2.33. The first-order chi connectivity index (χ1) is 14.9. The summed E-state index contributed by atoms with van der Waals surface area (Å²) in [7, 11) is 0. The maximum Gasteiger partial charge on any atom is 0.308 e. The summed E-state index contributed by atoms with van der Waals surface area (Å²) >= 11 is 6.32. The molecule has 1 aromatic heterocycles. The van der Waals surface area contributed by atoms with E-state index in [1.807, 2.05) is 38.1 Å². The van der Waals surface area contributed by atoms with Gasteiger partial charge in [0.15, 0.2) is 0 Å². The molecule has 1 saturated carbocycles. The molecule has 0 amide bonds. The molecule has 8 heteroatoms. The third kappa shape index (κ3) is 4.93. The SMILES string of the molecule is CC(C)Oc1ccc(-c2noc(C3C=CC(N[C@@H]4CCC[C@H]4C(=O)O)=CC3)n2)cc1Cl. The van der Waals surface area contributed by atoms with E-state index in [0.717, 1.165) is 30.5 Å². The number of carboxylic acid groups (broad SMARTS) is 1. The number of aromatic nitrogens is 2. The Hall–Kier alpha value is -2.80. The Morgan fingerprint density at radius 3 is 2.87 bits per heavy atom. The number of nitrogens with one attached hydrogen (secondary N) is 1. The Morgan fingerprint density at radius 2 is 2.19 bits per heavy atom. The third-order valence-electron chi connectivity index (χ3n) is 5.60. The summed E-state index contributed by atoms with van der Waals surface area (Å²) in [6, 6.07) is 5.42. The second-order valence-corrected chi connectivity index (χ2v) is 8.66. The molecule has 1 aromatic carbocycles. The van der Waals surface area contributed by atoms with Crippen molar-refractivity contribution in [2.24, 2.45) is 5.92 Å². The van der Waals surface area contributed by atoms with Crippen molar-refractivity contribution in [1.82, 2.24) is 15.5 Å². The van der Waals surface area contributed by atoms with E-state index in [2.05, 4.69) is 21.5 Å². The number of nitrogens with zero attached hydrogens (tertiary/aromatic N) is 2. The van der Waals surface area contributed by atoms with Crippen LogP contribution >= 0.6 is 11.6 Å². The molecule has 0 bridgehead atoms. The van der Waals surface area contributed by atoms with Crippen LogP contribution in [0, 0.1) is 5.92 Å². The standard InChI is InChI=1S/C23H26ClN3O4/c1-13(2)30-20-11-8-15(12-18(20)24)21-26-22(31-27-21)14-6-9-16(10-7-14)25-19-5-3-4-17(19)23(28)29/h6,8-14,17,19,25H,3-5,7H2,1-2H3,(H,28,29)/t14?,17-,19-/m1/s1. The molecule has 4 rings (SSSR count). The molecular weight excluding hydrogens is 418 g/mol. The minimum absolute atomic E-state index is 0.0210. The zero-order valence-electron chi connectivity index (χ0n) is 17.5. The smallest absolute Gasteiger partial charge is 0.308 e. The van der Waals surface area contributed by atoms with E-state index in [1.54, 1.807) is 6.07 Å². The van der Waals surface area contributed by atoms with Crippen molar-refractivity contribution >= 4 is 17.6 Å². The number of hydrogen-bond acceptors (Lipinski definition) is 6. The number of carboxylic acids is 1. The van der Waals surface area contributed by atoms with Crippen molar-refractivity contribution in [2.75, 3.05) is 0 Å². The van der Waals surface area contributed by atoms with E-state index in [1.165, 1.54) is 0 Å². The average Bonchev–Trinajstić information content (AvgIpc) is 3.40. The molecule has 1 heterocycles. The van der Waals surface area contributed by atoms with Crippen LogP contribution in [0.2, 0.25) is 5.02 Å². The van der Waals surface area contributed by atoms with Gasteiger partial charge in [0.05, 0.1) is 23.0 Å². The van der Waals surface area contributed by atoms with Crippen molar-refractivity contribution in [1.29, 1.82) is 0 Å². The summed E-state index contributed by atoms with van der Waals surface area (Å²) in [5, 5.41) is 17.3. The van der Waals surface area contributed by atoms with E-state index in [4.69, 9.17) is 20.9 Å². The zero-order valence-corrected chi connectivity index (χ0v) is 18.3. The summed E-state index contributed by atoms with van der Waals surface area (Å²) in [6.45, 7) is 3.89. The minimum Gasteiger partial charge on any atom is -0.489 e. The molecule has 164 valence electrons. The Balaban J connectivity index is 1.40. The first kappa shape index (κ1) is 21.4. The summed E-state index contributed by atoms with van der Waals surface area (Å²) in [6.07, 6.45) is 9.31. The normalized spacial score (nSPS) is 23.1. The highest BCUT2D eigenvalue weighted by Crippen LogP contribution is 2.32. The fourth-order valence-electron chi connectivity index (χ4n) is 4.05. The molecule has 0 spiro atoms. The number of hydrogen-bond donors (Lipinski definition) is 2. The second kappa shape index (κ2) is 9.14. The van der Waals surface area contributed by atoms with Crippen LogP contribution < -0.4 is 10.1 Å². The molecule has 1 unspecified atom stereocenters. The topological polar surface area (TPSA) is 97.5 Å². The van der Waals surface area contributed by atoms with Crippen LogP contribution in [0.5, 0.6) is 5.75 Å². The van der Waals surface area contributed by atoms with E-state index in [-0.39, 0.29) is 24.0 Å². The van der Waals surface area contributed by atoms with Gasteiger partial charge in [0.25, 0.3) is 0 Å². The van der Waals surface area contributed by atoms with Crippen LogP contribution in [0.1, 0.15) is 51.3 Å². The molecule has 2 aliphatic rings. The predicted octanol–water partition coefficient (Wildman–Crippen LogP) is 4.95. The number of aliphatic carboxylic acids is 1. The van der Waals surface area contributed by atoms with Gasteiger partial charge >= 0.3 is 5.97 Å². The lowest BCUT2D eigenvalue weighted by Crippen LogP contribution is -2.35. The molecule has 0 aliphatic heterocycles. The molecule has 0 saturated heterocycles. The van der Waals surface area contributed by atoms with Gasteiger partial charge in [-0.25, -0.2) is 0 Å². The van der Waals surface area contributed by atoms with Gasteiger partial charge in [0.2, 0.25) is 11.7 Å². The Morgan fingerprint density at radius 1 is 1.35 bits per heavy atom. The van der Waals surface area contributed by atoms with Crippen LogP contribution in [0.25, 0.3) is 11.4 Å². The van der Waals surface area contributed by atoms with Crippen LogP contribution in [0.3, 0.4) is 0 Å². The molecule has 2 aliphatic carbocycles. The molecule has 2 N–H and O–H groups in total. The van der Waals surface area contributed by atoms with Crippen LogP contribution in [-0.2, 0) is 4.79 Å². The Labute approximate surface area is 186 Å². The van der Waals surface area contributed by atoms with Crippen molar-refractivity contribution in [3.63, 3.8) is 0 Å². The fraction of sp³-hybridized carbons (Fsp3) is 0.435. The van der Waals surface area contributed by atoms with Gasteiger partial charge in [-0.05, 0) is 57.4 Å². The van der Waals surface area contributed by atoms with E-state index >= 15 is 0 Å². The maximum atomic E-state index is 11.4. The average molecular weight is 444 g/mol. The van der Waals surface area contributed by atoms with E-state index in [9.17, 15) is 9.90 Å². The predicted molar refractivity (Wildman–Crippen MR) is 117 cm³/mol. The molecular formula is C23H26ClN3O4. The van der Waals surface area contributed by atoms with Crippen LogP contribution in [0.15, 0.2) is 46.6 Å². The van der Waals surface area contributed by atoms with Gasteiger partial charge in [-0.3, -0.25) is 4.79 Å². The molecule has 31 heavy (non-hydrogen) atoms. The summed E-state index contributed by atoms with van der Waals surface area (Å²) in [5.41, 5.74) is 1.71. The molecule has 2 aromatic rings. The summed E-state index contributed by atoms with van der Waals surface area (Å²) < 4.78 is 11.2. The van der Waals surface area contributed by atoms with Gasteiger partial charge in [0.1, 0.15) is 5.75 Å². The van der Waals surface area contributed by atoms with E-state index in [0.29, 0.717) is 28.9 Å². The number of halogens is 1.